The maximum Gasteiger partial charge on any atom is 0.200 e. The Morgan fingerprint density at radius 2 is 1.71 bits per heavy atom. The normalized spacial score (nSPS) is 10.5. The second-order valence-electron chi connectivity index (χ2n) is 4.93. The highest BCUT2D eigenvalue weighted by Gasteiger charge is 2.17. The number of rotatable bonds is 5. The van der Waals surface area contributed by atoms with Crippen LogP contribution in [0.2, 0.25) is 0 Å². The van der Waals surface area contributed by atoms with Crippen molar-refractivity contribution in [2.75, 3.05) is 21.3 Å². The number of nitrogens with zero attached hydrogens (tertiary/aromatic N) is 2. The molecule has 7 heteroatoms. The lowest BCUT2D eigenvalue weighted by Crippen LogP contribution is -2.02. The Labute approximate surface area is 144 Å². The number of hydrogen-bond donors (Lipinski definition) is 1. The highest BCUT2D eigenvalue weighted by atomic mass is 32.1. The molecule has 0 saturated heterocycles. The monoisotopic (exact) mass is 343 g/mol. The van der Waals surface area contributed by atoms with E-state index in [1.165, 1.54) is 0 Å². The van der Waals surface area contributed by atoms with Gasteiger partial charge in [-0.25, -0.2) is 0 Å². The number of hydrogen-bond acceptors (Lipinski definition) is 5. The Hall–Kier alpha value is -2.80. The molecule has 0 amide bonds. The van der Waals surface area contributed by atoms with Gasteiger partial charge >= 0.3 is 0 Å². The summed E-state index contributed by atoms with van der Waals surface area (Å²) in [6, 6.07) is 13.2. The Morgan fingerprint density at radius 3 is 2.42 bits per heavy atom. The van der Waals surface area contributed by atoms with Crippen LogP contribution in [0.5, 0.6) is 17.2 Å². The van der Waals surface area contributed by atoms with Crippen molar-refractivity contribution in [3.8, 4) is 34.3 Å². The third-order valence-electron chi connectivity index (χ3n) is 3.65. The van der Waals surface area contributed by atoms with Crippen LogP contribution >= 0.6 is 12.2 Å². The lowest BCUT2D eigenvalue weighted by molar-refractivity contribution is 0.393. The molecule has 0 aliphatic rings. The molecule has 0 unspecified atom stereocenters. The van der Waals surface area contributed by atoms with Gasteiger partial charge < -0.3 is 14.2 Å². The van der Waals surface area contributed by atoms with Crippen LogP contribution in [0.3, 0.4) is 0 Å². The number of aromatic amines is 1. The molecule has 0 fully saturated rings. The summed E-state index contributed by atoms with van der Waals surface area (Å²) in [6.07, 6.45) is 0. The first kappa shape index (κ1) is 16.1. The summed E-state index contributed by atoms with van der Waals surface area (Å²) in [4.78, 5) is 0. The van der Waals surface area contributed by atoms with E-state index in [0.717, 1.165) is 11.3 Å². The first-order chi connectivity index (χ1) is 11.7. The highest BCUT2D eigenvalue weighted by molar-refractivity contribution is 7.71. The largest absolute Gasteiger partial charge is 0.497 e. The van der Waals surface area contributed by atoms with Crippen molar-refractivity contribution < 1.29 is 14.2 Å². The Bertz CT molecular complexity index is 917. The van der Waals surface area contributed by atoms with Gasteiger partial charge in [0.2, 0.25) is 0 Å². The van der Waals surface area contributed by atoms with Gasteiger partial charge in [-0.05, 0) is 36.5 Å². The van der Waals surface area contributed by atoms with E-state index < -0.39 is 0 Å². The van der Waals surface area contributed by atoms with Gasteiger partial charge in [-0.2, -0.15) is 5.10 Å². The van der Waals surface area contributed by atoms with Gasteiger partial charge in [-0.3, -0.25) is 9.67 Å². The zero-order valence-corrected chi connectivity index (χ0v) is 14.4. The van der Waals surface area contributed by atoms with Crippen LogP contribution in [-0.4, -0.2) is 36.1 Å². The van der Waals surface area contributed by atoms with Gasteiger partial charge in [0, 0.05) is 6.07 Å². The van der Waals surface area contributed by atoms with E-state index in [4.69, 9.17) is 26.4 Å². The summed E-state index contributed by atoms with van der Waals surface area (Å²) in [6.45, 7) is 0. The predicted molar refractivity (Wildman–Crippen MR) is 93.8 cm³/mol. The van der Waals surface area contributed by atoms with Crippen molar-refractivity contribution in [2.24, 2.45) is 0 Å². The third-order valence-corrected chi connectivity index (χ3v) is 3.92. The third kappa shape index (κ3) is 2.74. The molecule has 3 rings (SSSR count). The van der Waals surface area contributed by atoms with Gasteiger partial charge in [0.15, 0.2) is 10.6 Å². The average Bonchev–Trinajstić information content (AvgIpc) is 3.02. The lowest BCUT2D eigenvalue weighted by atomic mass is 10.1. The van der Waals surface area contributed by atoms with Gasteiger partial charge in [-0.15, -0.1) is 0 Å². The van der Waals surface area contributed by atoms with E-state index in [9.17, 15) is 0 Å². The van der Waals surface area contributed by atoms with E-state index >= 15 is 0 Å². The van der Waals surface area contributed by atoms with Crippen molar-refractivity contribution in [3.05, 3.63) is 47.2 Å². The second kappa shape index (κ2) is 6.76. The highest BCUT2D eigenvalue weighted by Crippen LogP contribution is 2.34. The maximum absolute atomic E-state index is 5.49. The van der Waals surface area contributed by atoms with Gasteiger partial charge in [0.25, 0.3) is 0 Å². The van der Waals surface area contributed by atoms with E-state index in [1.807, 2.05) is 41.0 Å². The SMILES string of the molecule is COc1ccc(-n2c(-c3ccccc3OC)n[nH]c2=S)c(OC)c1. The molecule has 1 heterocycles. The van der Waals surface area contributed by atoms with Crippen LogP contribution in [0.25, 0.3) is 17.1 Å². The first-order valence-electron chi connectivity index (χ1n) is 7.22. The quantitative estimate of drug-likeness (QED) is 0.717. The minimum atomic E-state index is 0.458. The second-order valence-corrected chi connectivity index (χ2v) is 5.31. The first-order valence-corrected chi connectivity index (χ1v) is 7.63. The van der Waals surface area contributed by atoms with Crippen LogP contribution in [-0.2, 0) is 0 Å². The molecule has 24 heavy (non-hydrogen) atoms. The zero-order valence-electron chi connectivity index (χ0n) is 13.6. The molecule has 2 aromatic carbocycles. The fourth-order valence-electron chi connectivity index (χ4n) is 2.50. The topological polar surface area (TPSA) is 61.3 Å². The molecule has 0 bridgehead atoms. The molecule has 1 aromatic heterocycles. The van der Waals surface area contributed by atoms with Crippen molar-refractivity contribution in [2.45, 2.75) is 0 Å². The molecule has 1 N–H and O–H groups in total. The number of H-pyrrole nitrogens is 1. The Kier molecular flexibility index (Phi) is 4.52. The summed E-state index contributed by atoms with van der Waals surface area (Å²) in [5.74, 6) is 2.67. The molecule has 3 aromatic rings. The van der Waals surface area contributed by atoms with Crippen LogP contribution in [0.1, 0.15) is 0 Å². The molecular formula is C17H17N3O3S. The molecule has 0 aliphatic carbocycles. The molecule has 124 valence electrons. The molecule has 6 nitrogen and oxygen atoms in total. The molecule has 0 spiro atoms. The Balaban J connectivity index is 2.24. The summed E-state index contributed by atoms with van der Waals surface area (Å²) in [7, 11) is 4.83. The number of aromatic nitrogens is 3. The predicted octanol–water partition coefficient (Wildman–Crippen LogP) is 3.62. The summed E-state index contributed by atoms with van der Waals surface area (Å²) >= 11 is 5.42. The van der Waals surface area contributed by atoms with Crippen LogP contribution in [0.4, 0.5) is 0 Å². The van der Waals surface area contributed by atoms with Crippen LogP contribution < -0.4 is 14.2 Å². The smallest absolute Gasteiger partial charge is 0.200 e. The number of ether oxygens (including phenoxy) is 3. The standard InChI is InChI=1S/C17H17N3O3S/c1-21-11-8-9-13(15(10-11)23-3)20-16(18-19-17(20)24)12-6-4-5-7-14(12)22-2/h4-10H,1-3H3,(H,19,24). The van der Waals surface area contributed by atoms with E-state index in [1.54, 1.807) is 27.4 Å². The lowest BCUT2D eigenvalue weighted by Gasteiger charge is -2.14. The fourth-order valence-corrected chi connectivity index (χ4v) is 2.73. The molecular weight excluding hydrogens is 326 g/mol. The van der Waals surface area contributed by atoms with Crippen LogP contribution in [0.15, 0.2) is 42.5 Å². The van der Waals surface area contributed by atoms with E-state index in [2.05, 4.69) is 10.2 Å². The summed E-state index contributed by atoms with van der Waals surface area (Å²) in [5, 5.41) is 7.21. The van der Waals surface area contributed by atoms with Crippen molar-refractivity contribution in [3.63, 3.8) is 0 Å². The Morgan fingerprint density at radius 1 is 0.958 bits per heavy atom. The average molecular weight is 343 g/mol. The number of methoxy groups -OCH3 is 3. The van der Waals surface area contributed by atoms with Gasteiger partial charge in [0.1, 0.15) is 17.2 Å². The molecule has 0 aliphatic heterocycles. The number of para-hydroxylation sites is 1. The van der Waals surface area contributed by atoms with Crippen LogP contribution in [0, 0.1) is 4.77 Å². The number of benzene rings is 2. The number of nitrogens with one attached hydrogen (secondary N) is 1. The minimum Gasteiger partial charge on any atom is -0.497 e. The molecule has 0 radical (unpaired) electrons. The zero-order chi connectivity index (χ0) is 17.1. The van der Waals surface area contributed by atoms with Crippen molar-refractivity contribution >= 4 is 12.2 Å². The fraction of sp³-hybridized carbons (Fsp3) is 0.176. The van der Waals surface area contributed by atoms with E-state index in [0.29, 0.717) is 27.8 Å². The summed E-state index contributed by atoms with van der Waals surface area (Å²) in [5.41, 5.74) is 1.59. The molecule has 0 atom stereocenters. The minimum absolute atomic E-state index is 0.458. The maximum atomic E-state index is 5.49. The summed E-state index contributed by atoms with van der Waals surface area (Å²) < 4.78 is 18.5. The van der Waals surface area contributed by atoms with Crippen molar-refractivity contribution in [1.29, 1.82) is 0 Å². The van der Waals surface area contributed by atoms with Crippen molar-refractivity contribution in [1.82, 2.24) is 14.8 Å². The molecule has 0 saturated carbocycles. The van der Waals surface area contributed by atoms with Gasteiger partial charge in [-0.1, -0.05) is 12.1 Å². The van der Waals surface area contributed by atoms with E-state index in [-0.39, 0.29) is 0 Å². The van der Waals surface area contributed by atoms with Gasteiger partial charge in [0.05, 0.1) is 32.6 Å².